The number of fused-ring (bicyclic) bond motifs is 1. The first-order valence-electron chi connectivity index (χ1n) is 11.8. The van der Waals surface area contributed by atoms with Gasteiger partial charge in [-0.2, -0.15) is 8.42 Å². The van der Waals surface area contributed by atoms with Gasteiger partial charge in [-0.1, -0.05) is 10.1 Å². The molecule has 4 aromatic rings. The molecule has 0 atom stereocenters. The molecule has 4 rings (SSSR count). The molecule has 0 spiro atoms. The number of azo groups is 2. The smallest absolute Gasteiger partial charge is 0.294 e. The van der Waals surface area contributed by atoms with Gasteiger partial charge in [-0.05, 0) is 36.4 Å². The minimum Gasteiger partial charge on any atom is -0.506 e. The third-order valence-corrected chi connectivity index (χ3v) is 7.99. The normalized spacial score (nSPS) is 11.8. The predicted molar refractivity (Wildman–Crippen MR) is 157 cm³/mol. The first-order valence-corrected chi connectivity index (χ1v) is 14.7. The second kappa shape index (κ2) is 16.2. The van der Waals surface area contributed by atoms with E-state index in [1.807, 2.05) is 0 Å². The third kappa shape index (κ3) is 8.33. The summed E-state index contributed by atoms with van der Waals surface area (Å²) in [6.45, 7) is 0. The number of methoxy groups -OCH3 is 2. The molecule has 1 radical (unpaired) electrons. The fraction of sp³-hybridized carbons (Fsp3) is 0.0833. The van der Waals surface area contributed by atoms with Crippen molar-refractivity contribution in [2.24, 2.45) is 20.5 Å². The van der Waals surface area contributed by atoms with E-state index >= 15 is 0 Å². The van der Waals surface area contributed by atoms with Crippen LogP contribution < -0.4 is 15.2 Å². The molecule has 0 aliphatic carbocycles. The van der Waals surface area contributed by atoms with Gasteiger partial charge in [0.05, 0.1) is 53.0 Å². The van der Waals surface area contributed by atoms with E-state index in [1.165, 1.54) is 44.6 Å². The summed E-state index contributed by atoms with van der Waals surface area (Å²) in [5, 5.41) is 62.8. The number of hydrogen-bond acceptors (Lipinski definition) is 19. The van der Waals surface area contributed by atoms with Crippen molar-refractivity contribution in [3.63, 3.8) is 0 Å². The molecule has 18 nitrogen and oxygen atoms in total. The number of nitrogens with two attached hydrogens (primary N) is 1. The van der Waals surface area contributed by atoms with Crippen LogP contribution in [0.15, 0.2) is 83.7 Å². The van der Waals surface area contributed by atoms with Crippen LogP contribution in [0.25, 0.3) is 10.8 Å². The second-order valence-corrected chi connectivity index (χ2v) is 11.2. The zero-order valence-corrected chi connectivity index (χ0v) is 26.4. The Morgan fingerprint density at radius 3 is 1.93 bits per heavy atom. The van der Waals surface area contributed by atoms with Crippen LogP contribution in [-0.2, 0) is 45.9 Å². The molecule has 4 aromatic carbocycles. The molecule has 46 heavy (non-hydrogen) atoms. The van der Waals surface area contributed by atoms with Gasteiger partial charge < -0.3 is 25.4 Å². The molecule has 7 N–H and O–H groups in total. The van der Waals surface area contributed by atoms with E-state index in [1.54, 1.807) is 0 Å². The van der Waals surface area contributed by atoms with Gasteiger partial charge in [0, 0.05) is 45.7 Å². The Morgan fingerprint density at radius 2 is 1.35 bits per heavy atom. The molecule has 0 unspecified atom stereocenters. The summed E-state index contributed by atoms with van der Waals surface area (Å²) in [6.07, 6.45) is 0. The summed E-state index contributed by atoms with van der Waals surface area (Å²) in [5.41, 5.74) is 5.69. The van der Waals surface area contributed by atoms with Gasteiger partial charge in [0.2, 0.25) is 0 Å². The zero-order valence-electron chi connectivity index (χ0n) is 23.0. The van der Waals surface area contributed by atoms with Crippen molar-refractivity contribution in [3.05, 3.63) is 48.5 Å². The standard InChI is InChI=1S/C24H21N5O13S3.Cu/c1-37-19-9-15(26-28-17-7-11(45(34,35)36)3-6-18(17)30)16(10-20(19)38-2)27-29-22-21(43-41-39-32)8-13-12(23(22)31)4-5-14(25)24(13)44-42-40-33;/h3-10,30-33H,25H2,1-2H3,(H,34,35,36);. The maximum Gasteiger partial charge on any atom is 0.294 e. The summed E-state index contributed by atoms with van der Waals surface area (Å²) in [6, 6.07) is 9.96. The van der Waals surface area contributed by atoms with E-state index in [0.29, 0.717) is 29.5 Å². The Bertz CT molecular complexity index is 1900. The van der Waals surface area contributed by atoms with Gasteiger partial charge in [-0.25, -0.2) is 10.5 Å². The fourth-order valence-electron chi connectivity index (χ4n) is 3.74. The van der Waals surface area contributed by atoms with Gasteiger partial charge in [0.1, 0.15) is 28.5 Å². The van der Waals surface area contributed by atoms with E-state index in [0.717, 1.165) is 18.2 Å². The first kappa shape index (κ1) is 36.7. The molecule has 22 heteroatoms. The van der Waals surface area contributed by atoms with Gasteiger partial charge in [0.15, 0.2) is 17.2 Å². The van der Waals surface area contributed by atoms with E-state index < -0.39 is 26.5 Å². The average Bonchev–Trinajstić information content (AvgIpc) is 3.01. The SMILES string of the molecule is COc1cc(N=Nc2cc(S(=O)(=O)O)ccc2O)c(N=Nc2c(SOOO)cc3c(SOOO)c(N)ccc3c2O)cc1OC.[Cu]. The first-order chi connectivity index (χ1) is 21.5. The maximum absolute atomic E-state index is 11.5. The van der Waals surface area contributed by atoms with E-state index in [2.05, 4.69) is 39.2 Å². The number of rotatable bonds is 13. The molecule has 249 valence electrons. The summed E-state index contributed by atoms with van der Waals surface area (Å²) >= 11 is 0.982. The van der Waals surface area contributed by atoms with Crippen LogP contribution in [0, 0.1) is 0 Å². The minimum atomic E-state index is -4.61. The molecule has 0 bridgehead atoms. The monoisotopic (exact) mass is 746 g/mol. The van der Waals surface area contributed by atoms with Gasteiger partial charge in [0.25, 0.3) is 10.1 Å². The second-order valence-electron chi connectivity index (χ2n) is 8.32. The van der Waals surface area contributed by atoms with Crippen molar-refractivity contribution in [1.82, 2.24) is 0 Å². The molecule has 0 fully saturated rings. The fourth-order valence-corrected chi connectivity index (χ4v) is 5.25. The van der Waals surface area contributed by atoms with Crippen molar-refractivity contribution in [3.8, 4) is 23.0 Å². The van der Waals surface area contributed by atoms with Gasteiger partial charge in [-0.15, -0.1) is 29.1 Å². The number of phenolic OH excluding ortho intramolecular Hbond substituents is 2. The summed E-state index contributed by atoms with van der Waals surface area (Å²) in [4.78, 5) is -0.257. The van der Waals surface area contributed by atoms with Crippen LogP contribution >= 0.6 is 24.1 Å². The number of benzene rings is 4. The maximum atomic E-state index is 11.5. The molecule has 0 saturated carbocycles. The van der Waals surface area contributed by atoms with Crippen molar-refractivity contribution >= 4 is 73.4 Å². The largest absolute Gasteiger partial charge is 0.506 e. The Labute approximate surface area is 278 Å². The Morgan fingerprint density at radius 1 is 0.761 bits per heavy atom. The number of nitrogen functional groups attached to an aromatic ring is 1. The summed E-state index contributed by atoms with van der Waals surface area (Å²) < 4.78 is 52.1. The quantitative estimate of drug-likeness (QED) is 0.0156. The van der Waals surface area contributed by atoms with Crippen molar-refractivity contribution in [2.75, 3.05) is 20.0 Å². The van der Waals surface area contributed by atoms with Crippen LogP contribution in [0.3, 0.4) is 0 Å². The minimum absolute atomic E-state index is 0. The van der Waals surface area contributed by atoms with E-state index in [-0.39, 0.29) is 72.2 Å². The number of nitrogens with zero attached hydrogens (tertiary/aromatic N) is 4. The predicted octanol–water partition coefficient (Wildman–Crippen LogP) is 6.78. The summed E-state index contributed by atoms with van der Waals surface area (Å²) in [7, 11) is -1.89. The van der Waals surface area contributed by atoms with Crippen molar-refractivity contribution in [2.45, 2.75) is 14.7 Å². The number of phenols is 2. The molecule has 0 heterocycles. The molecular formula is C24H21CuN5O13S3. The molecule has 0 aromatic heterocycles. The van der Waals surface area contributed by atoms with Gasteiger partial charge >= 0.3 is 0 Å². The summed E-state index contributed by atoms with van der Waals surface area (Å²) in [5.74, 6) is -0.490. The topological polar surface area (TPSA) is 266 Å². The van der Waals surface area contributed by atoms with Crippen LogP contribution in [0.4, 0.5) is 28.4 Å². The van der Waals surface area contributed by atoms with Crippen LogP contribution in [0.2, 0.25) is 0 Å². The number of anilines is 1. The van der Waals surface area contributed by atoms with Crippen LogP contribution in [-0.4, -0.2) is 47.9 Å². The van der Waals surface area contributed by atoms with Crippen molar-refractivity contribution in [1.29, 1.82) is 0 Å². The molecule has 0 amide bonds. The zero-order chi connectivity index (χ0) is 32.7. The Kier molecular flexibility index (Phi) is 12.9. The Hall–Kier alpha value is -3.77. The Balaban J connectivity index is 0.00000576. The molecular weight excluding hydrogens is 726 g/mol. The number of hydrogen-bond donors (Lipinski definition) is 6. The van der Waals surface area contributed by atoms with Crippen LogP contribution in [0.1, 0.15) is 0 Å². The van der Waals surface area contributed by atoms with Crippen molar-refractivity contribution < 1.29 is 79.0 Å². The molecule has 0 aliphatic rings. The van der Waals surface area contributed by atoms with E-state index in [4.69, 9.17) is 25.7 Å². The van der Waals surface area contributed by atoms with Gasteiger partial charge in [-0.3, -0.25) is 4.55 Å². The number of aromatic hydroxyl groups is 2. The average molecular weight is 747 g/mol. The molecule has 0 saturated heterocycles. The van der Waals surface area contributed by atoms with Crippen LogP contribution in [0.5, 0.6) is 23.0 Å². The molecule has 0 aliphatic heterocycles. The third-order valence-electron chi connectivity index (χ3n) is 5.77. The van der Waals surface area contributed by atoms with E-state index in [9.17, 15) is 23.2 Å². The number of ether oxygens (including phenoxy) is 2.